The van der Waals surface area contributed by atoms with Crippen LogP contribution in [0.2, 0.25) is 0 Å². The second kappa shape index (κ2) is 7.20. The minimum atomic E-state index is -0.357. The number of nitrogens with one attached hydrogen (secondary N) is 2. The van der Waals surface area contributed by atoms with E-state index in [1.807, 2.05) is 19.1 Å². The van der Waals surface area contributed by atoms with Crippen molar-refractivity contribution in [2.24, 2.45) is 0 Å². The van der Waals surface area contributed by atoms with E-state index >= 15 is 0 Å². The molecule has 7 heteroatoms. The summed E-state index contributed by atoms with van der Waals surface area (Å²) < 4.78 is 1.63. The number of halogens is 2. The molecule has 2 amide bonds. The quantitative estimate of drug-likeness (QED) is 0.723. The number of amides is 2. The first-order valence-electron chi connectivity index (χ1n) is 6.15. The molecule has 1 heterocycles. The van der Waals surface area contributed by atoms with Gasteiger partial charge in [0.15, 0.2) is 0 Å². The van der Waals surface area contributed by atoms with Crippen molar-refractivity contribution in [2.75, 3.05) is 0 Å². The van der Waals surface area contributed by atoms with Crippen LogP contribution >= 0.6 is 43.2 Å². The van der Waals surface area contributed by atoms with Gasteiger partial charge < -0.3 is 0 Å². The molecule has 2 aromatic rings. The first-order valence-corrected chi connectivity index (χ1v) is 8.56. The number of hydrogen-bond donors (Lipinski definition) is 2. The number of benzene rings is 1. The molecule has 0 aliphatic carbocycles. The fraction of sp³-hybridized carbons (Fsp3) is 0.143. The molecular formula is C14H12Br2N2O2S. The fourth-order valence-corrected chi connectivity index (χ4v) is 3.53. The van der Waals surface area contributed by atoms with Crippen molar-refractivity contribution in [1.82, 2.24) is 10.9 Å². The van der Waals surface area contributed by atoms with Crippen LogP contribution in [0.1, 0.15) is 32.5 Å². The monoisotopic (exact) mass is 430 g/mol. The Hall–Kier alpha value is -1.18. The van der Waals surface area contributed by atoms with E-state index in [4.69, 9.17) is 0 Å². The maximum Gasteiger partial charge on any atom is 0.279 e. The molecule has 0 saturated carbocycles. The fourth-order valence-electron chi connectivity index (χ4n) is 1.60. The lowest BCUT2D eigenvalue weighted by Gasteiger charge is -2.06. The van der Waals surface area contributed by atoms with Crippen molar-refractivity contribution in [3.05, 3.63) is 54.6 Å². The highest BCUT2D eigenvalue weighted by atomic mass is 79.9. The molecule has 0 aliphatic rings. The highest BCUT2D eigenvalue weighted by Crippen LogP contribution is 2.32. The standard InChI is InChI=1S/C14H12Br2N2O2S/c1-2-8-3-5-9(6-4-8)13(19)17-18-14(20)11-7-10(15)12(16)21-11/h3-7H,2H2,1H3,(H,17,19)(H,18,20). The minimum Gasteiger partial charge on any atom is -0.267 e. The molecule has 1 aromatic carbocycles. The van der Waals surface area contributed by atoms with Crippen LogP contribution in [0.25, 0.3) is 0 Å². The van der Waals surface area contributed by atoms with Crippen molar-refractivity contribution >= 4 is 55.0 Å². The van der Waals surface area contributed by atoms with Gasteiger partial charge in [-0.1, -0.05) is 19.1 Å². The van der Waals surface area contributed by atoms with Gasteiger partial charge >= 0.3 is 0 Å². The van der Waals surface area contributed by atoms with E-state index in [-0.39, 0.29) is 11.8 Å². The first kappa shape index (κ1) is 16.2. The molecule has 0 atom stereocenters. The Morgan fingerprint density at radius 3 is 2.24 bits per heavy atom. The number of hydrogen-bond acceptors (Lipinski definition) is 3. The Kier molecular flexibility index (Phi) is 5.55. The highest BCUT2D eigenvalue weighted by Gasteiger charge is 2.13. The lowest BCUT2D eigenvalue weighted by atomic mass is 10.1. The summed E-state index contributed by atoms with van der Waals surface area (Å²) in [7, 11) is 0. The van der Waals surface area contributed by atoms with E-state index in [1.54, 1.807) is 18.2 Å². The Morgan fingerprint density at radius 1 is 1.10 bits per heavy atom. The molecule has 0 radical (unpaired) electrons. The summed E-state index contributed by atoms with van der Waals surface area (Å²) >= 11 is 7.91. The van der Waals surface area contributed by atoms with Crippen molar-refractivity contribution in [2.45, 2.75) is 13.3 Å². The summed E-state index contributed by atoms with van der Waals surface area (Å²) in [5, 5.41) is 0. The van der Waals surface area contributed by atoms with Gasteiger partial charge in [0.1, 0.15) is 0 Å². The van der Waals surface area contributed by atoms with Crippen LogP contribution in [-0.2, 0) is 6.42 Å². The number of thiophene rings is 1. The van der Waals surface area contributed by atoms with Crippen LogP contribution in [0.3, 0.4) is 0 Å². The van der Waals surface area contributed by atoms with Gasteiger partial charge in [-0.05, 0) is 62.0 Å². The third-order valence-corrected chi connectivity index (χ3v) is 6.04. The van der Waals surface area contributed by atoms with Gasteiger partial charge in [0.05, 0.1) is 8.66 Å². The first-order chi connectivity index (χ1) is 10.0. The molecule has 0 unspecified atom stereocenters. The number of rotatable bonds is 3. The predicted octanol–water partition coefficient (Wildman–Crippen LogP) is 3.91. The van der Waals surface area contributed by atoms with Crippen LogP contribution in [0, 0.1) is 0 Å². The average molecular weight is 432 g/mol. The highest BCUT2D eigenvalue weighted by molar-refractivity contribution is 9.13. The molecule has 0 saturated heterocycles. The molecular weight excluding hydrogens is 420 g/mol. The third kappa shape index (κ3) is 4.15. The van der Waals surface area contributed by atoms with E-state index in [9.17, 15) is 9.59 Å². The summed E-state index contributed by atoms with van der Waals surface area (Å²) in [6.07, 6.45) is 0.917. The van der Waals surface area contributed by atoms with Gasteiger partial charge in [0, 0.05) is 10.0 Å². The summed E-state index contributed by atoms with van der Waals surface area (Å²) in [5.74, 6) is -0.703. The third-order valence-electron chi connectivity index (χ3n) is 2.78. The summed E-state index contributed by atoms with van der Waals surface area (Å²) in [5.41, 5.74) is 6.45. The van der Waals surface area contributed by atoms with Crippen LogP contribution in [-0.4, -0.2) is 11.8 Å². The molecule has 2 N–H and O–H groups in total. The molecule has 2 rings (SSSR count). The van der Waals surface area contributed by atoms with Gasteiger partial charge in [0.25, 0.3) is 11.8 Å². The summed E-state index contributed by atoms with van der Waals surface area (Å²) in [6, 6.07) is 8.94. The number of aryl methyl sites for hydroxylation is 1. The number of hydrazine groups is 1. The smallest absolute Gasteiger partial charge is 0.267 e. The Labute approximate surface area is 143 Å². The molecule has 0 bridgehead atoms. The molecule has 4 nitrogen and oxygen atoms in total. The second-order valence-electron chi connectivity index (χ2n) is 4.19. The predicted molar refractivity (Wildman–Crippen MR) is 90.5 cm³/mol. The van der Waals surface area contributed by atoms with E-state index in [0.717, 1.165) is 20.2 Å². The van der Waals surface area contributed by atoms with E-state index in [1.165, 1.54) is 11.3 Å². The van der Waals surface area contributed by atoms with Crippen LogP contribution in [0.5, 0.6) is 0 Å². The van der Waals surface area contributed by atoms with Gasteiger partial charge in [-0.15, -0.1) is 11.3 Å². The molecule has 1 aromatic heterocycles. The van der Waals surface area contributed by atoms with Gasteiger partial charge in [-0.2, -0.15) is 0 Å². The zero-order valence-corrected chi connectivity index (χ0v) is 15.1. The molecule has 0 aliphatic heterocycles. The van der Waals surface area contributed by atoms with Gasteiger partial charge in [-0.25, -0.2) is 0 Å². The minimum absolute atomic E-state index is 0.347. The largest absolute Gasteiger partial charge is 0.279 e. The number of carbonyl (C=O) groups excluding carboxylic acids is 2. The van der Waals surface area contributed by atoms with Crippen molar-refractivity contribution in [1.29, 1.82) is 0 Å². The Balaban J connectivity index is 1.95. The van der Waals surface area contributed by atoms with Crippen LogP contribution < -0.4 is 10.9 Å². The molecule has 110 valence electrons. The average Bonchev–Trinajstić information content (AvgIpc) is 2.84. The van der Waals surface area contributed by atoms with E-state index in [2.05, 4.69) is 42.7 Å². The zero-order chi connectivity index (χ0) is 15.4. The number of carbonyl (C=O) groups is 2. The van der Waals surface area contributed by atoms with Crippen LogP contribution in [0.4, 0.5) is 0 Å². The van der Waals surface area contributed by atoms with Gasteiger partial charge in [-0.3, -0.25) is 20.4 Å². The Bertz CT molecular complexity index is 649. The Morgan fingerprint density at radius 2 is 1.71 bits per heavy atom. The maximum absolute atomic E-state index is 11.9. The lowest BCUT2D eigenvalue weighted by Crippen LogP contribution is -2.41. The van der Waals surface area contributed by atoms with Gasteiger partial charge in [0.2, 0.25) is 0 Å². The van der Waals surface area contributed by atoms with E-state index < -0.39 is 0 Å². The lowest BCUT2D eigenvalue weighted by molar-refractivity contribution is 0.0849. The summed E-state index contributed by atoms with van der Waals surface area (Å²) in [6.45, 7) is 2.05. The molecule has 0 fully saturated rings. The molecule has 21 heavy (non-hydrogen) atoms. The van der Waals surface area contributed by atoms with Crippen LogP contribution in [0.15, 0.2) is 38.6 Å². The van der Waals surface area contributed by atoms with Crippen molar-refractivity contribution in [3.63, 3.8) is 0 Å². The SMILES string of the molecule is CCc1ccc(C(=O)NNC(=O)c2cc(Br)c(Br)s2)cc1. The van der Waals surface area contributed by atoms with Crippen molar-refractivity contribution < 1.29 is 9.59 Å². The summed E-state index contributed by atoms with van der Waals surface area (Å²) in [4.78, 5) is 24.3. The van der Waals surface area contributed by atoms with E-state index in [0.29, 0.717) is 10.4 Å². The molecule has 0 spiro atoms. The topological polar surface area (TPSA) is 58.2 Å². The normalized spacial score (nSPS) is 10.2. The maximum atomic E-state index is 11.9. The van der Waals surface area contributed by atoms with Crippen molar-refractivity contribution in [3.8, 4) is 0 Å². The second-order valence-corrected chi connectivity index (χ2v) is 7.42. The zero-order valence-electron chi connectivity index (χ0n) is 11.1.